The van der Waals surface area contributed by atoms with Gasteiger partial charge in [0.2, 0.25) is 5.91 Å². The van der Waals surface area contributed by atoms with E-state index in [-0.39, 0.29) is 5.91 Å². The maximum Gasteiger partial charge on any atom is 0.241 e. The SMILES string of the molecule is O=C(CNc1ccccc1)N1CCCOCC1. The second-order valence-electron chi connectivity index (χ2n) is 4.07. The fourth-order valence-electron chi connectivity index (χ4n) is 1.84. The van der Waals surface area contributed by atoms with Gasteiger partial charge >= 0.3 is 0 Å². The summed E-state index contributed by atoms with van der Waals surface area (Å²) in [6, 6.07) is 9.77. The molecule has 1 aromatic rings. The molecule has 1 saturated heterocycles. The molecule has 2 rings (SSSR count). The molecule has 1 aliphatic heterocycles. The zero-order valence-corrected chi connectivity index (χ0v) is 9.89. The highest BCUT2D eigenvalue weighted by Crippen LogP contribution is 2.05. The van der Waals surface area contributed by atoms with E-state index in [4.69, 9.17) is 4.74 Å². The number of ether oxygens (including phenoxy) is 1. The van der Waals surface area contributed by atoms with Crippen LogP contribution in [0, 0.1) is 0 Å². The monoisotopic (exact) mass is 234 g/mol. The third-order valence-electron chi connectivity index (χ3n) is 2.79. The van der Waals surface area contributed by atoms with E-state index in [2.05, 4.69) is 5.32 Å². The molecule has 1 fully saturated rings. The molecule has 0 radical (unpaired) electrons. The van der Waals surface area contributed by atoms with Crippen molar-refractivity contribution in [3.8, 4) is 0 Å². The molecule has 0 unspecified atom stereocenters. The number of anilines is 1. The Labute approximate surface area is 102 Å². The highest BCUT2D eigenvalue weighted by molar-refractivity contribution is 5.80. The molecule has 4 nitrogen and oxygen atoms in total. The van der Waals surface area contributed by atoms with Gasteiger partial charge < -0.3 is 15.0 Å². The number of nitrogens with zero attached hydrogens (tertiary/aromatic N) is 1. The molecule has 0 saturated carbocycles. The van der Waals surface area contributed by atoms with Crippen molar-refractivity contribution in [2.24, 2.45) is 0 Å². The minimum atomic E-state index is 0.138. The Morgan fingerprint density at radius 3 is 2.88 bits per heavy atom. The first-order chi connectivity index (χ1) is 8.36. The molecule has 0 aromatic heterocycles. The number of carbonyl (C=O) groups excluding carboxylic acids is 1. The van der Waals surface area contributed by atoms with Crippen molar-refractivity contribution in [2.45, 2.75) is 6.42 Å². The maximum atomic E-state index is 11.9. The lowest BCUT2D eigenvalue weighted by Gasteiger charge is -2.20. The summed E-state index contributed by atoms with van der Waals surface area (Å²) in [7, 11) is 0. The molecule has 1 aromatic carbocycles. The van der Waals surface area contributed by atoms with E-state index in [1.54, 1.807) is 0 Å². The van der Waals surface area contributed by atoms with Crippen LogP contribution in [-0.4, -0.2) is 43.7 Å². The Morgan fingerprint density at radius 2 is 2.06 bits per heavy atom. The standard InChI is InChI=1S/C13H18N2O2/c16-13(15-7-4-9-17-10-8-15)11-14-12-5-2-1-3-6-12/h1-3,5-6,14H,4,7-11H2. The summed E-state index contributed by atoms with van der Waals surface area (Å²) in [6.07, 6.45) is 0.928. The predicted molar refractivity (Wildman–Crippen MR) is 66.9 cm³/mol. The first kappa shape index (κ1) is 11.9. The number of hydrogen-bond acceptors (Lipinski definition) is 3. The van der Waals surface area contributed by atoms with Gasteiger partial charge in [0.25, 0.3) is 0 Å². The van der Waals surface area contributed by atoms with Crippen LogP contribution in [0.2, 0.25) is 0 Å². The third-order valence-corrected chi connectivity index (χ3v) is 2.79. The molecule has 92 valence electrons. The van der Waals surface area contributed by atoms with Crippen LogP contribution in [0.15, 0.2) is 30.3 Å². The van der Waals surface area contributed by atoms with Crippen LogP contribution in [0.5, 0.6) is 0 Å². The molecule has 17 heavy (non-hydrogen) atoms. The minimum absolute atomic E-state index is 0.138. The Morgan fingerprint density at radius 1 is 1.24 bits per heavy atom. The van der Waals surface area contributed by atoms with Crippen molar-refractivity contribution >= 4 is 11.6 Å². The first-order valence-electron chi connectivity index (χ1n) is 6.01. The normalized spacial score (nSPS) is 16.4. The van der Waals surface area contributed by atoms with Gasteiger partial charge in [-0.1, -0.05) is 18.2 Å². The first-order valence-corrected chi connectivity index (χ1v) is 6.01. The summed E-state index contributed by atoms with van der Waals surface area (Å²) >= 11 is 0. The Hall–Kier alpha value is -1.55. The fourth-order valence-corrected chi connectivity index (χ4v) is 1.84. The van der Waals surface area contributed by atoms with E-state index in [1.165, 1.54) is 0 Å². The van der Waals surface area contributed by atoms with Gasteiger partial charge in [0, 0.05) is 25.4 Å². The van der Waals surface area contributed by atoms with Crippen molar-refractivity contribution in [3.05, 3.63) is 30.3 Å². The van der Waals surface area contributed by atoms with Gasteiger partial charge in [-0.05, 0) is 18.6 Å². The molecule has 0 bridgehead atoms. The summed E-state index contributed by atoms with van der Waals surface area (Å²) in [5, 5.41) is 3.13. The summed E-state index contributed by atoms with van der Waals surface area (Å²) < 4.78 is 5.32. The molecule has 1 aliphatic rings. The molecule has 0 aliphatic carbocycles. The highest BCUT2D eigenvalue weighted by atomic mass is 16.5. The molecule has 1 amide bonds. The lowest BCUT2D eigenvalue weighted by atomic mass is 10.3. The number of benzene rings is 1. The molecule has 1 heterocycles. The number of carbonyl (C=O) groups is 1. The number of rotatable bonds is 3. The Bertz CT molecular complexity index is 346. The van der Waals surface area contributed by atoms with Crippen molar-refractivity contribution in [2.75, 3.05) is 38.2 Å². The van der Waals surface area contributed by atoms with Crippen LogP contribution < -0.4 is 5.32 Å². The Kier molecular flexibility index (Phi) is 4.38. The average Bonchev–Trinajstić information content (AvgIpc) is 2.66. The Balaban J connectivity index is 1.80. The van der Waals surface area contributed by atoms with Gasteiger partial charge in [0.05, 0.1) is 13.2 Å². The second-order valence-corrected chi connectivity index (χ2v) is 4.07. The third kappa shape index (κ3) is 3.75. The quantitative estimate of drug-likeness (QED) is 0.858. The van der Waals surface area contributed by atoms with Gasteiger partial charge in [-0.3, -0.25) is 4.79 Å². The van der Waals surface area contributed by atoms with Crippen LogP contribution in [0.1, 0.15) is 6.42 Å². The van der Waals surface area contributed by atoms with Gasteiger partial charge in [0.15, 0.2) is 0 Å². The van der Waals surface area contributed by atoms with Crippen molar-refractivity contribution in [3.63, 3.8) is 0 Å². The van der Waals surface area contributed by atoms with Gasteiger partial charge in [0.1, 0.15) is 0 Å². The molecule has 0 atom stereocenters. The van der Waals surface area contributed by atoms with Crippen LogP contribution >= 0.6 is 0 Å². The largest absolute Gasteiger partial charge is 0.380 e. The molecule has 0 spiro atoms. The summed E-state index contributed by atoms with van der Waals surface area (Å²) in [5.41, 5.74) is 0.979. The van der Waals surface area contributed by atoms with Crippen molar-refractivity contribution in [1.82, 2.24) is 4.90 Å². The summed E-state index contributed by atoms with van der Waals surface area (Å²) in [4.78, 5) is 13.8. The van der Waals surface area contributed by atoms with E-state index < -0.39 is 0 Å². The van der Waals surface area contributed by atoms with Crippen molar-refractivity contribution in [1.29, 1.82) is 0 Å². The smallest absolute Gasteiger partial charge is 0.241 e. The van der Waals surface area contributed by atoms with Gasteiger partial charge in [-0.15, -0.1) is 0 Å². The number of hydrogen-bond donors (Lipinski definition) is 1. The summed E-state index contributed by atoms with van der Waals surface area (Å²) in [6.45, 7) is 3.27. The molecular weight excluding hydrogens is 216 g/mol. The molecule has 1 N–H and O–H groups in total. The molecular formula is C13H18N2O2. The van der Waals surface area contributed by atoms with E-state index in [9.17, 15) is 4.79 Å². The van der Waals surface area contributed by atoms with Crippen LogP contribution in [-0.2, 0) is 9.53 Å². The fraction of sp³-hybridized carbons (Fsp3) is 0.462. The number of amides is 1. The number of nitrogens with one attached hydrogen (secondary N) is 1. The van der Waals surface area contributed by atoms with Crippen LogP contribution in [0.4, 0.5) is 5.69 Å². The zero-order valence-electron chi connectivity index (χ0n) is 9.89. The molecule has 4 heteroatoms. The van der Waals surface area contributed by atoms with Gasteiger partial charge in [-0.2, -0.15) is 0 Å². The van der Waals surface area contributed by atoms with E-state index in [0.717, 1.165) is 25.3 Å². The van der Waals surface area contributed by atoms with Gasteiger partial charge in [-0.25, -0.2) is 0 Å². The van der Waals surface area contributed by atoms with Crippen LogP contribution in [0.3, 0.4) is 0 Å². The lowest BCUT2D eigenvalue weighted by molar-refractivity contribution is -0.129. The van der Waals surface area contributed by atoms with Crippen LogP contribution in [0.25, 0.3) is 0 Å². The predicted octanol–water partition coefficient (Wildman–Crippen LogP) is 1.35. The highest BCUT2D eigenvalue weighted by Gasteiger charge is 2.14. The maximum absolute atomic E-state index is 11.9. The topological polar surface area (TPSA) is 41.6 Å². The average molecular weight is 234 g/mol. The minimum Gasteiger partial charge on any atom is -0.380 e. The van der Waals surface area contributed by atoms with Crippen molar-refractivity contribution < 1.29 is 9.53 Å². The number of para-hydroxylation sites is 1. The van der Waals surface area contributed by atoms with E-state index >= 15 is 0 Å². The zero-order chi connectivity index (χ0) is 11.9. The summed E-state index contributed by atoms with van der Waals surface area (Å²) in [5.74, 6) is 0.138. The van der Waals surface area contributed by atoms with E-state index in [1.807, 2.05) is 35.2 Å². The lowest BCUT2D eigenvalue weighted by Crippen LogP contribution is -2.37. The second kappa shape index (κ2) is 6.25. The van der Waals surface area contributed by atoms with E-state index in [0.29, 0.717) is 19.7 Å².